The molecule has 0 amide bonds. The van der Waals surface area contributed by atoms with E-state index in [0.29, 0.717) is 0 Å². The molecule has 0 atom stereocenters. The lowest BCUT2D eigenvalue weighted by Crippen LogP contribution is -2.75. The highest BCUT2D eigenvalue weighted by molar-refractivity contribution is 7.22. The van der Waals surface area contributed by atoms with Crippen LogP contribution in [-0.4, -0.2) is 21.3 Å². The molecule has 1 aliphatic rings. The van der Waals surface area contributed by atoms with Crippen molar-refractivity contribution in [3.63, 3.8) is 0 Å². The first-order valence-corrected chi connectivity index (χ1v) is 23.1. The SMILES string of the molecule is CCN1CNc2ccc(-c3ccc(-c4ccc(-c5c6ccccc6c([Si](c6ccccc6)(c6ccccc6)c6cccc7ccccc67)c6ccccc56)cc4)cc3)cc21. The molecule has 0 bridgehead atoms. The summed E-state index contributed by atoms with van der Waals surface area (Å²) in [7, 11) is -3.02. The van der Waals surface area contributed by atoms with Crippen LogP contribution >= 0.6 is 0 Å². The first kappa shape index (κ1) is 35.9. The van der Waals surface area contributed by atoms with Crippen LogP contribution in [0, 0.1) is 0 Å². The van der Waals surface area contributed by atoms with Crippen molar-refractivity contribution < 1.29 is 0 Å². The number of hydrogen-bond acceptors (Lipinski definition) is 2. The van der Waals surface area contributed by atoms with Gasteiger partial charge >= 0.3 is 0 Å². The molecular weight excluding hydrogens is 741 g/mol. The Bertz CT molecular complexity index is 3070. The predicted molar refractivity (Wildman–Crippen MR) is 260 cm³/mol. The summed E-state index contributed by atoms with van der Waals surface area (Å²) < 4.78 is 0. The van der Waals surface area contributed by atoms with Crippen LogP contribution < -0.4 is 31.0 Å². The third kappa shape index (κ3) is 5.77. The van der Waals surface area contributed by atoms with Crippen LogP contribution in [0.25, 0.3) is 65.7 Å². The summed E-state index contributed by atoms with van der Waals surface area (Å²) in [5.74, 6) is 0. The molecule has 286 valence electrons. The number of anilines is 2. The van der Waals surface area contributed by atoms with Crippen molar-refractivity contribution in [2.45, 2.75) is 6.92 Å². The van der Waals surface area contributed by atoms with E-state index in [9.17, 15) is 0 Å². The number of fused-ring (bicyclic) bond motifs is 4. The smallest absolute Gasteiger partial charge is 0.181 e. The quantitative estimate of drug-likeness (QED) is 0.0938. The molecule has 0 aromatic heterocycles. The molecule has 0 saturated carbocycles. The van der Waals surface area contributed by atoms with Gasteiger partial charge in [-0.05, 0) is 106 Å². The highest BCUT2D eigenvalue weighted by Crippen LogP contribution is 2.39. The van der Waals surface area contributed by atoms with E-state index in [1.807, 2.05) is 0 Å². The average Bonchev–Trinajstić information content (AvgIpc) is 3.75. The minimum atomic E-state index is -3.02. The zero-order valence-electron chi connectivity index (χ0n) is 33.6. The molecule has 2 nitrogen and oxygen atoms in total. The van der Waals surface area contributed by atoms with Crippen molar-refractivity contribution in [2.75, 3.05) is 23.4 Å². The lowest BCUT2D eigenvalue weighted by Gasteiger charge is -2.37. The highest BCUT2D eigenvalue weighted by Gasteiger charge is 2.45. The summed E-state index contributed by atoms with van der Waals surface area (Å²) in [5.41, 5.74) is 9.89. The van der Waals surface area contributed by atoms with Gasteiger partial charge in [0, 0.05) is 6.54 Å². The van der Waals surface area contributed by atoms with Gasteiger partial charge in [0.1, 0.15) is 0 Å². The summed E-state index contributed by atoms with van der Waals surface area (Å²) in [6, 6.07) is 82.0. The minimum absolute atomic E-state index is 0.870. The number of nitrogens with zero attached hydrogens (tertiary/aromatic N) is 1. The maximum atomic E-state index is 3.51. The van der Waals surface area contributed by atoms with Crippen LogP contribution in [0.3, 0.4) is 0 Å². The van der Waals surface area contributed by atoms with Crippen LogP contribution in [0.1, 0.15) is 6.92 Å². The minimum Gasteiger partial charge on any atom is -0.366 e. The van der Waals surface area contributed by atoms with Crippen molar-refractivity contribution in [2.24, 2.45) is 0 Å². The van der Waals surface area contributed by atoms with Crippen molar-refractivity contribution in [3.05, 3.63) is 218 Å². The lowest BCUT2D eigenvalue weighted by molar-refractivity contribution is 0.911. The molecule has 1 heterocycles. The van der Waals surface area contributed by atoms with E-state index in [0.717, 1.165) is 13.2 Å². The first-order valence-electron chi connectivity index (χ1n) is 21.1. The van der Waals surface area contributed by atoms with E-state index in [2.05, 4.69) is 236 Å². The molecule has 0 unspecified atom stereocenters. The first-order chi connectivity index (χ1) is 29.7. The van der Waals surface area contributed by atoms with Crippen LogP contribution in [-0.2, 0) is 0 Å². The second kappa shape index (κ2) is 14.9. The standard InChI is InChI=1S/C57H44N2Si/c1-2-59-39-58-53-37-36-45(38-54(53)59)42-30-28-40(29-31-42)41-32-34-44(35-33-41)56-49-23-11-13-25-51(49)57(52-26-14-12-24-50(52)56)60(46-18-5-3-6-19-46,47-20-7-4-8-21-47)55-27-15-17-43-16-9-10-22-48(43)55/h3-38,58H,2,39H2,1H3. The molecule has 11 rings (SSSR count). The molecule has 0 fully saturated rings. The van der Waals surface area contributed by atoms with Crippen LogP contribution in [0.5, 0.6) is 0 Å². The predicted octanol–water partition coefficient (Wildman–Crippen LogP) is 11.7. The van der Waals surface area contributed by atoms with Gasteiger partial charge < -0.3 is 10.2 Å². The fourth-order valence-corrected chi connectivity index (χ4v) is 15.4. The van der Waals surface area contributed by atoms with Crippen LogP contribution in [0.2, 0.25) is 0 Å². The molecule has 1 N–H and O–H groups in total. The maximum absolute atomic E-state index is 3.51. The summed E-state index contributed by atoms with van der Waals surface area (Å²) in [6.45, 7) is 4.07. The molecule has 10 aromatic rings. The second-order valence-electron chi connectivity index (χ2n) is 15.9. The Kier molecular flexibility index (Phi) is 8.90. The zero-order valence-corrected chi connectivity index (χ0v) is 34.6. The van der Waals surface area contributed by atoms with E-state index >= 15 is 0 Å². The van der Waals surface area contributed by atoms with Gasteiger partial charge in [-0.2, -0.15) is 0 Å². The summed E-state index contributed by atoms with van der Waals surface area (Å²) >= 11 is 0. The van der Waals surface area contributed by atoms with Crippen LogP contribution in [0.15, 0.2) is 218 Å². The number of benzene rings is 10. The molecular formula is C57H44N2Si. The van der Waals surface area contributed by atoms with E-state index in [1.165, 1.54) is 97.8 Å². The highest BCUT2D eigenvalue weighted by atomic mass is 28.3. The van der Waals surface area contributed by atoms with Crippen molar-refractivity contribution >= 4 is 72.5 Å². The Morgan fingerprint density at radius 2 is 0.900 bits per heavy atom. The molecule has 60 heavy (non-hydrogen) atoms. The summed E-state index contributed by atoms with van der Waals surface area (Å²) in [5, 5.41) is 16.9. The Hall–Kier alpha value is -7.20. The van der Waals surface area contributed by atoms with Crippen molar-refractivity contribution in [3.8, 4) is 33.4 Å². The number of hydrogen-bond donors (Lipinski definition) is 1. The molecule has 3 heteroatoms. The maximum Gasteiger partial charge on any atom is 0.181 e. The van der Waals surface area contributed by atoms with Crippen molar-refractivity contribution in [1.29, 1.82) is 0 Å². The zero-order chi connectivity index (χ0) is 40.0. The number of rotatable bonds is 8. The van der Waals surface area contributed by atoms with Gasteiger partial charge in [0.15, 0.2) is 8.07 Å². The second-order valence-corrected chi connectivity index (χ2v) is 19.6. The third-order valence-corrected chi connectivity index (χ3v) is 17.8. The Morgan fingerprint density at radius 1 is 0.433 bits per heavy atom. The molecule has 1 aliphatic heterocycles. The monoisotopic (exact) mass is 784 g/mol. The van der Waals surface area contributed by atoms with Gasteiger partial charge in [-0.25, -0.2) is 0 Å². The van der Waals surface area contributed by atoms with Crippen LogP contribution in [0.4, 0.5) is 11.4 Å². The van der Waals surface area contributed by atoms with Crippen molar-refractivity contribution in [1.82, 2.24) is 0 Å². The molecule has 0 spiro atoms. The Labute approximate surface area is 353 Å². The largest absolute Gasteiger partial charge is 0.366 e. The normalized spacial score (nSPS) is 12.5. The molecule has 10 aromatic carbocycles. The Morgan fingerprint density at radius 3 is 1.48 bits per heavy atom. The van der Waals surface area contributed by atoms with Gasteiger partial charge in [-0.15, -0.1) is 0 Å². The lowest BCUT2D eigenvalue weighted by atomic mass is 9.91. The summed E-state index contributed by atoms with van der Waals surface area (Å²) in [6.07, 6.45) is 0. The van der Waals surface area contributed by atoms with E-state index in [1.54, 1.807) is 0 Å². The van der Waals surface area contributed by atoms with E-state index < -0.39 is 8.07 Å². The average molecular weight is 785 g/mol. The fourth-order valence-electron chi connectivity index (χ4n) is 10.0. The molecule has 0 radical (unpaired) electrons. The van der Waals surface area contributed by atoms with Gasteiger partial charge in [0.05, 0.1) is 18.0 Å². The summed E-state index contributed by atoms with van der Waals surface area (Å²) in [4.78, 5) is 2.38. The van der Waals surface area contributed by atoms with E-state index in [4.69, 9.17) is 0 Å². The fraction of sp³-hybridized carbons (Fsp3) is 0.0526. The van der Waals surface area contributed by atoms with Gasteiger partial charge in [0.2, 0.25) is 0 Å². The molecule has 0 aliphatic carbocycles. The van der Waals surface area contributed by atoms with E-state index in [-0.39, 0.29) is 0 Å². The van der Waals surface area contributed by atoms with Gasteiger partial charge in [0.25, 0.3) is 0 Å². The Balaban J connectivity index is 1.10. The topological polar surface area (TPSA) is 15.3 Å². The molecule has 0 saturated heterocycles. The third-order valence-electron chi connectivity index (χ3n) is 12.8. The van der Waals surface area contributed by atoms with Gasteiger partial charge in [-0.3, -0.25) is 0 Å². The number of nitrogens with one attached hydrogen (secondary N) is 1. The van der Waals surface area contributed by atoms with Gasteiger partial charge in [-0.1, -0.05) is 206 Å².